The molecule has 1 aliphatic heterocycles. The van der Waals surface area contributed by atoms with Gasteiger partial charge >= 0.3 is 0 Å². The highest BCUT2D eigenvalue weighted by Crippen LogP contribution is 2.11. The van der Waals surface area contributed by atoms with Crippen LogP contribution in [0, 0.1) is 6.92 Å². The van der Waals surface area contributed by atoms with Crippen molar-refractivity contribution < 1.29 is 9.59 Å². The molecule has 2 heterocycles. The van der Waals surface area contributed by atoms with E-state index in [0.717, 1.165) is 37.1 Å². The first-order chi connectivity index (χ1) is 10.1. The molecule has 0 spiro atoms. The van der Waals surface area contributed by atoms with Gasteiger partial charge < -0.3 is 10.2 Å². The van der Waals surface area contributed by atoms with Gasteiger partial charge in [0.05, 0.1) is 0 Å². The van der Waals surface area contributed by atoms with Gasteiger partial charge in [0.15, 0.2) is 0 Å². The Kier molecular flexibility index (Phi) is 5.72. The van der Waals surface area contributed by atoms with E-state index in [1.807, 2.05) is 24.0 Å². The summed E-state index contributed by atoms with van der Waals surface area (Å²) in [5.41, 5.74) is 2.01. The molecule has 0 atom stereocenters. The van der Waals surface area contributed by atoms with E-state index >= 15 is 0 Å². The number of nitrogens with zero attached hydrogens (tertiary/aromatic N) is 2. The Labute approximate surface area is 125 Å². The van der Waals surface area contributed by atoms with Crippen LogP contribution in [0.1, 0.15) is 43.4 Å². The van der Waals surface area contributed by atoms with Crippen LogP contribution in [0.2, 0.25) is 0 Å². The number of carbonyl (C=O) groups is 2. The van der Waals surface area contributed by atoms with Gasteiger partial charge in [0.1, 0.15) is 0 Å². The zero-order valence-corrected chi connectivity index (χ0v) is 12.6. The summed E-state index contributed by atoms with van der Waals surface area (Å²) in [4.78, 5) is 29.4. The molecule has 0 radical (unpaired) electrons. The highest BCUT2D eigenvalue weighted by molar-refractivity contribution is 5.77. The van der Waals surface area contributed by atoms with E-state index in [2.05, 4.69) is 10.3 Å². The number of carbonyl (C=O) groups excluding carboxylic acids is 2. The summed E-state index contributed by atoms with van der Waals surface area (Å²) in [5, 5.41) is 2.90. The molecule has 2 rings (SSSR count). The molecule has 114 valence electrons. The number of aryl methyl sites for hydroxylation is 1. The first-order valence-electron chi connectivity index (χ1n) is 7.61. The van der Waals surface area contributed by atoms with E-state index in [1.54, 1.807) is 6.20 Å². The lowest BCUT2D eigenvalue weighted by Crippen LogP contribution is -2.36. The summed E-state index contributed by atoms with van der Waals surface area (Å²) in [7, 11) is 0. The van der Waals surface area contributed by atoms with Crippen molar-refractivity contribution in [2.45, 2.75) is 45.6 Å². The molecule has 0 aromatic carbocycles. The van der Waals surface area contributed by atoms with Crippen LogP contribution in [0.15, 0.2) is 18.3 Å². The molecule has 21 heavy (non-hydrogen) atoms. The molecule has 1 aliphatic rings. The SMILES string of the molecule is Cc1cc(CNC(=O)CCCN2CCCCC2=O)ccn1. The average molecular weight is 289 g/mol. The van der Waals surface area contributed by atoms with Crippen LogP contribution >= 0.6 is 0 Å². The molecule has 5 heteroatoms. The van der Waals surface area contributed by atoms with E-state index in [9.17, 15) is 9.59 Å². The van der Waals surface area contributed by atoms with Crippen LogP contribution in [0.5, 0.6) is 0 Å². The topological polar surface area (TPSA) is 62.3 Å². The molecular formula is C16H23N3O2. The Bertz CT molecular complexity index is 502. The minimum Gasteiger partial charge on any atom is -0.352 e. The van der Waals surface area contributed by atoms with Gasteiger partial charge in [-0.1, -0.05) is 0 Å². The smallest absolute Gasteiger partial charge is 0.222 e. The molecule has 5 nitrogen and oxygen atoms in total. The highest BCUT2D eigenvalue weighted by Gasteiger charge is 2.17. The summed E-state index contributed by atoms with van der Waals surface area (Å²) < 4.78 is 0. The quantitative estimate of drug-likeness (QED) is 0.868. The van der Waals surface area contributed by atoms with Crippen molar-refractivity contribution in [1.29, 1.82) is 0 Å². The van der Waals surface area contributed by atoms with E-state index in [4.69, 9.17) is 0 Å². The fourth-order valence-electron chi connectivity index (χ4n) is 2.53. The monoisotopic (exact) mass is 289 g/mol. The van der Waals surface area contributed by atoms with Crippen LogP contribution in [0.3, 0.4) is 0 Å². The number of rotatable bonds is 6. The van der Waals surface area contributed by atoms with Gasteiger partial charge in [0, 0.05) is 44.4 Å². The number of nitrogens with one attached hydrogen (secondary N) is 1. The molecule has 0 saturated carbocycles. The van der Waals surface area contributed by atoms with E-state index in [1.165, 1.54) is 0 Å². The maximum Gasteiger partial charge on any atom is 0.222 e. The second-order valence-corrected chi connectivity index (χ2v) is 5.52. The van der Waals surface area contributed by atoms with Gasteiger partial charge in [0.25, 0.3) is 0 Å². The highest BCUT2D eigenvalue weighted by atomic mass is 16.2. The third kappa shape index (κ3) is 5.17. The van der Waals surface area contributed by atoms with E-state index in [0.29, 0.717) is 25.9 Å². The third-order valence-electron chi connectivity index (χ3n) is 3.70. The summed E-state index contributed by atoms with van der Waals surface area (Å²) in [5.74, 6) is 0.267. The molecule has 0 aliphatic carbocycles. The van der Waals surface area contributed by atoms with Crippen molar-refractivity contribution in [1.82, 2.24) is 15.2 Å². The second kappa shape index (κ2) is 7.76. The van der Waals surface area contributed by atoms with Gasteiger partial charge in [-0.3, -0.25) is 14.6 Å². The number of piperidine rings is 1. The van der Waals surface area contributed by atoms with Gasteiger partial charge in [-0.15, -0.1) is 0 Å². The Morgan fingerprint density at radius 1 is 1.43 bits per heavy atom. The maximum absolute atomic E-state index is 11.8. The Morgan fingerprint density at radius 3 is 3.05 bits per heavy atom. The fourth-order valence-corrected chi connectivity index (χ4v) is 2.53. The average Bonchev–Trinajstić information content (AvgIpc) is 2.47. The Morgan fingerprint density at radius 2 is 2.29 bits per heavy atom. The maximum atomic E-state index is 11.8. The minimum absolute atomic E-state index is 0.0360. The zero-order valence-electron chi connectivity index (χ0n) is 12.6. The van der Waals surface area contributed by atoms with Crippen molar-refractivity contribution in [2.24, 2.45) is 0 Å². The number of hydrogen-bond acceptors (Lipinski definition) is 3. The van der Waals surface area contributed by atoms with Gasteiger partial charge in [-0.2, -0.15) is 0 Å². The van der Waals surface area contributed by atoms with Crippen molar-refractivity contribution in [3.8, 4) is 0 Å². The summed E-state index contributed by atoms with van der Waals surface area (Å²) >= 11 is 0. The van der Waals surface area contributed by atoms with Crippen LogP contribution in [-0.4, -0.2) is 34.8 Å². The lowest BCUT2D eigenvalue weighted by molar-refractivity contribution is -0.133. The Balaban J connectivity index is 1.64. The summed E-state index contributed by atoms with van der Waals surface area (Å²) in [6.45, 7) is 4.00. The fraction of sp³-hybridized carbons (Fsp3) is 0.562. The number of likely N-dealkylation sites (tertiary alicyclic amines) is 1. The molecule has 0 bridgehead atoms. The van der Waals surface area contributed by atoms with Gasteiger partial charge in [-0.25, -0.2) is 0 Å². The van der Waals surface area contributed by atoms with Crippen molar-refractivity contribution in [3.63, 3.8) is 0 Å². The van der Waals surface area contributed by atoms with Gasteiger partial charge in [-0.05, 0) is 43.9 Å². The van der Waals surface area contributed by atoms with Crippen LogP contribution in [-0.2, 0) is 16.1 Å². The third-order valence-corrected chi connectivity index (χ3v) is 3.70. The standard InChI is InChI=1S/C16H23N3O2/c1-13-11-14(7-8-17-13)12-18-15(20)5-4-10-19-9-3-2-6-16(19)21/h7-8,11H,2-6,9-10,12H2,1H3,(H,18,20). The summed E-state index contributed by atoms with van der Waals surface area (Å²) in [6.07, 6.45) is 5.69. The largest absolute Gasteiger partial charge is 0.352 e. The van der Waals surface area contributed by atoms with Gasteiger partial charge in [0.2, 0.25) is 11.8 Å². The first-order valence-corrected chi connectivity index (χ1v) is 7.61. The minimum atomic E-state index is 0.0360. The predicted octanol–water partition coefficient (Wildman–Crippen LogP) is 1.80. The lowest BCUT2D eigenvalue weighted by atomic mass is 10.1. The van der Waals surface area contributed by atoms with E-state index < -0.39 is 0 Å². The molecule has 1 aromatic heterocycles. The normalized spacial score (nSPS) is 15.1. The molecule has 1 saturated heterocycles. The van der Waals surface area contributed by atoms with Crippen LogP contribution in [0.25, 0.3) is 0 Å². The summed E-state index contributed by atoms with van der Waals surface area (Å²) in [6, 6.07) is 3.87. The van der Waals surface area contributed by atoms with Crippen molar-refractivity contribution in [3.05, 3.63) is 29.6 Å². The van der Waals surface area contributed by atoms with Crippen molar-refractivity contribution >= 4 is 11.8 Å². The number of hydrogen-bond donors (Lipinski definition) is 1. The number of pyridine rings is 1. The first kappa shape index (κ1) is 15.5. The molecule has 0 unspecified atom stereocenters. The Hall–Kier alpha value is -1.91. The van der Waals surface area contributed by atoms with Crippen LogP contribution < -0.4 is 5.32 Å². The van der Waals surface area contributed by atoms with Crippen LogP contribution in [0.4, 0.5) is 0 Å². The lowest BCUT2D eigenvalue weighted by Gasteiger charge is -2.26. The zero-order chi connectivity index (χ0) is 15.1. The molecule has 1 aromatic rings. The second-order valence-electron chi connectivity index (χ2n) is 5.52. The predicted molar refractivity (Wildman–Crippen MR) is 80.5 cm³/mol. The van der Waals surface area contributed by atoms with Crippen molar-refractivity contribution in [2.75, 3.05) is 13.1 Å². The number of amides is 2. The molecular weight excluding hydrogens is 266 g/mol. The molecule has 2 amide bonds. The number of aromatic nitrogens is 1. The molecule has 1 N–H and O–H groups in total. The molecule has 1 fully saturated rings. The van der Waals surface area contributed by atoms with E-state index in [-0.39, 0.29) is 11.8 Å².